The number of aryl methyl sites for hydroxylation is 2. The fourth-order valence-electron chi connectivity index (χ4n) is 2.21. The van der Waals surface area contributed by atoms with Gasteiger partial charge in [0.15, 0.2) is 0 Å². The summed E-state index contributed by atoms with van der Waals surface area (Å²) in [5.74, 6) is 1.29. The van der Waals surface area contributed by atoms with Crippen LogP contribution in [0.15, 0.2) is 48.8 Å². The number of anilines is 3. The second-order valence-corrected chi connectivity index (χ2v) is 5.93. The maximum atomic E-state index is 6.16. The van der Waals surface area contributed by atoms with Gasteiger partial charge in [-0.25, -0.2) is 4.98 Å². The van der Waals surface area contributed by atoms with Crippen LogP contribution in [-0.2, 0) is 6.54 Å². The lowest BCUT2D eigenvalue weighted by Crippen LogP contribution is -2.05. The predicted molar refractivity (Wildman–Crippen MR) is 97.8 cm³/mol. The summed E-state index contributed by atoms with van der Waals surface area (Å²) in [6.45, 7) is 4.56. The largest absolute Gasteiger partial charge is 0.366 e. The highest BCUT2D eigenvalue weighted by Gasteiger charge is 2.04. The summed E-state index contributed by atoms with van der Waals surface area (Å²) < 4.78 is 0. The summed E-state index contributed by atoms with van der Waals surface area (Å²) in [7, 11) is 0. The van der Waals surface area contributed by atoms with Crippen molar-refractivity contribution in [2.45, 2.75) is 20.4 Å². The van der Waals surface area contributed by atoms with Crippen LogP contribution in [0.4, 0.5) is 17.5 Å². The lowest BCUT2D eigenvalue weighted by atomic mass is 10.2. The van der Waals surface area contributed by atoms with Gasteiger partial charge in [0.1, 0.15) is 5.82 Å². The molecule has 0 saturated heterocycles. The number of pyridine rings is 1. The number of hydrogen-bond acceptors (Lipinski definition) is 5. The van der Waals surface area contributed by atoms with Gasteiger partial charge in [-0.3, -0.25) is 4.98 Å². The van der Waals surface area contributed by atoms with Gasteiger partial charge in [-0.1, -0.05) is 23.7 Å². The van der Waals surface area contributed by atoms with Crippen LogP contribution in [0.2, 0.25) is 5.02 Å². The molecule has 0 amide bonds. The van der Waals surface area contributed by atoms with Gasteiger partial charge in [0.2, 0.25) is 5.95 Å². The molecule has 2 aromatic heterocycles. The van der Waals surface area contributed by atoms with Crippen LogP contribution in [0.1, 0.15) is 16.8 Å². The molecule has 0 radical (unpaired) electrons. The summed E-state index contributed by atoms with van der Waals surface area (Å²) in [6, 6.07) is 11.6. The average molecular weight is 340 g/mol. The Kier molecular flexibility index (Phi) is 4.91. The molecule has 24 heavy (non-hydrogen) atoms. The van der Waals surface area contributed by atoms with Gasteiger partial charge in [-0.05, 0) is 43.2 Å². The van der Waals surface area contributed by atoms with E-state index in [0.717, 1.165) is 28.3 Å². The van der Waals surface area contributed by atoms with Crippen LogP contribution in [0.5, 0.6) is 0 Å². The van der Waals surface area contributed by atoms with Crippen LogP contribution >= 0.6 is 11.6 Å². The summed E-state index contributed by atoms with van der Waals surface area (Å²) >= 11 is 6.16. The minimum atomic E-state index is 0.531. The summed E-state index contributed by atoms with van der Waals surface area (Å²) in [5.41, 5.74) is 3.86. The van der Waals surface area contributed by atoms with Crippen LogP contribution in [0.3, 0.4) is 0 Å². The maximum Gasteiger partial charge on any atom is 0.229 e. The average Bonchev–Trinajstić information content (AvgIpc) is 2.57. The maximum absolute atomic E-state index is 6.16. The molecule has 3 rings (SSSR count). The Labute approximate surface area is 146 Å². The van der Waals surface area contributed by atoms with Crippen LogP contribution in [0.25, 0.3) is 0 Å². The predicted octanol–water partition coefficient (Wildman–Crippen LogP) is 4.50. The van der Waals surface area contributed by atoms with Crippen molar-refractivity contribution >= 4 is 29.1 Å². The van der Waals surface area contributed by atoms with E-state index < -0.39 is 0 Å². The topological polar surface area (TPSA) is 62.7 Å². The lowest BCUT2D eigenvalue weighted by molar-refractivity contribution is 1.05. The number of nitrogens with one attached hydrogen (secondary N) is 2. The van der Waals surface area contributed by atoms with Crippen molar-refractivity contribution in [1.82, 2.24) is 15.0 Å². The van der Waals surface area contributed by atoms with E-state index in [1.807, 2.05) is 56.4 Å². The van der Waals surface area contributed by atoms with Gasteiger partial charge < -0.3 is 10.6 Å². The fraction of sp³-hybridized carbons (Fsp3) is 0.167. The molecule has 3 aromatic rings. The van der Waals surface area contributed by atoms with Crippen molar-refractivity contribution in [2.24, 2.45) is 0 Å². The SMILES string of the molecule is Cc1cc(NCc2cccnc2)nc(Nc2ccc(C)c(Cl)c2)n1. The highest BCUT2D eigenvalue weighted by atomic mass is 35.5. The van der Waals surface area contributed by atoms with E-state index >= 15 is 0 Å². The molecular formula is C18H18ClN5. The molecule has 0 unspecified atom stereocenters. The van der Waals surface area contributed by atoms with Crippen molar-refractivity contribution in [3.63, 3.8) is 0 Å². The first-order valence-electron chi connectivity index (χ1n) is 7.62. The Morgan fingerprint density at radius 1 is 1.08 bits per heavy atom. The Balaban J connectivity index is 1.74. The Morgan fingerprint density at radius 2 is 1.96 bits per heavy atom. The molecule has 0 bridgehead atoms. The molecule has 5 nitrogen and oxygen atoms in total. The Morgan fingerprint density at radius 3 is 2.71 bits per heavy atom. The lowest BCUT2D eigenvalue weighted by Gasteiger charge is -2.10. The fourth-order valence-corrected chi connectivity index (χ4v) is 2.39. The third-order valence-corrected chi connectivity index (χ3v) is 3.89. The molecule has 2 heterocycles. The van der Waals surface area contributed by atoms with Crippen molar-refractivity contribution in [2.75, 3.05) is 10.6 Å². The van der Waals surface area contributed by atoms with Crippen molar-refractivity contribution in [3.8, 4) is 0 Å². The smallest absolute Gasteiger partial charge is 0.229 e. The zero-order chi connectivity index (χ0) is 16.9. The summed E-state index contributed by atoms with van der Waals surface area (Å²) in [5, 5.41) is 7.19. The number of benzene rings is 1. The van der Waals surface area contributed by atoms with Gasteiger partial charge >= 0.3 is 0 Å². The third kappa shape index (κ3) is 4.20. The number of rotatable bonds is 5. The van der Waals surface area contributed by atoms with E-state index in [1.165, 1.54) is 0 Å². The molecule has 0 aliphatic carbocycles. The number of halogens is 1. The van der Waals surface area contributed by atoms with Gasteiger partial charge in [-0.2, -0.15) is 4.98 Å². The summed E-state index contributed by atoms with van der Waals surface area (Å²) in [4.78, 5) is 13.0. The number of nitrogens with zero attached hydrogens (tertiary/aromatic N) is 3. The van der Waals surface area contributed by atoms with E-state index in [9.17, 15) is 0 Å². The Bertz CT molecular complexity index is 836. The minimum Gasteiger partial charge on any atom is -0.366 e. The molecule has 0 saturated carbocycles. The van der Waals surface area contributed by atoms with Crippen LogP contribution in [0, 0.1) is 13.8 Å². The number of hydrogen-bond donors (Lipinski definition) is 2. The van der Waals surface area contributed by atoms with Crippen LogP contribution < -0.4 is 10.6 Å². The molecule has 0 fully saturated rings. The second kappa shape index (κ2) is 7.27. The first kappa shape index (κ1) is 16.2. The van der Waals surface area contributed by atoms with E-state index in [0.29, 0.717) is 17.5 Å². The molecular weight excluding hydrogens is 322 g/mol. The molecule has 1 aromatic carbocycles. The highest BCUT2D eigenvalue weighted by molar-refractivity contribution is 6.31. The first-order chi connectivity index (χ1) is 11.6. The first-order valence-corrected chi connectivity index (χ1v) is 7.99. The van der Waals surface area contributed by atoms with Gasteiger partial charge in [0, 0.05) is 41.4 Å². The van der Waals surface area contributed by atoms with Gasteiger partial charge in [0.05, 0.1) is 0 Å². The van der Waals surface area contributed by atoms with Crippen molar-refractivity contribution in [1.29, 1.82) is 0 Å². The van der Waals surface area contributed by atoms with Crippen LogP contribution in [-0.4, -0.2) is 15.0 Å². The molecule has 0 aliphatic heterocycles. The van der Waals surface area contributed by atoms with E-state index in [1.54, 1.807) is 6.20 Å². The molecule has 0 atom stereocenters. The van der Waals surface area contributed by atoms with E-state index in [-0.39, 0.29) is 0 Å². The zero-order valence-corrected chi connectivity index (χ0v) is 14.3. The molecule has 2 N–H and O–H groups in total. The van der Waals surface area contributed by atoms with Gasteiger partial charge in [-0.15, -0.1) is 0 Å². The van der Waals surface area contributed by atoms with Gasteiger partial charge in [0.25, 0.3) is 0 Å². The number of aromatic nitrogens is 3. The Hall–Kier alpha value is -2.66. The molecule has 0 spiro atoms. The minimum absolute atomic E-state index is 0.531. The van der Waals surface area contributed by atoms with E-state index in [2.05, 4.69) is 25.6 Å². The third-order valence-electron chi connectivity index (χ3n) is 3.48. The highest BCUT2D eigenvalue weighted by Crippen LogP contribution is 2.22. The molecule has 6 heteroatoms. The summed E-state index contributed by atoms with van der Waals surface area (Å²) in [6.07, 6.45) is 3.58. The van der Waals surface area contributed by atoms with Crippen molar-refractivity contribution in [3.05, 3.63) is 70.6 Å². The molecule has 0 aliphatic rings. The van der Waals surface area contributed by atoms with E-state index in [4.69, 9.17) is 11.6 Å². The zero-order valence-electron chi connectivity index (χ0n) is 13.5. The quantitative estimate of drug-likeness (QED) is 0.716. The molecule has 122 valence electrons. The monoisotopic (exact) mass is 339 g/mol. The van der Waals surface area contributed by atoms with Crippen molar-refractivity contribution < 1.29 is 0 Å². The standard InChI is InChI=1S/C18H18ClN5/c1-12-5-6-15(9-16(12)19)23-18-22-13(2)8-17(24-18)21-11-14-4-3-7-20-10-14/h3-10H,11H2,1-2H3,(H2,21,22,23,24). The second-order valence-electron chi connectivity index (χ2n) is 5.52. The normalized spacial score (nSPS) is 10.5.